The number of aromatic nitrogens is 2. The van der Waals surface area contributed by atoms with E-state index in [0.717, 1.165) is 23.1 Å². The summed E-state index contributed by atoms with van der Waals surface area (Å²) in [5, 5.41) is 12.0. The Kier molecular flexibility index (Phi) is 4.31. The lowest BCUT2D eigenvalue weighted by Crippen LogP contribution is -2.26. The number of nitriles is 1. The van der Waals surface area contributed by atoms with E-state index in [-0.39, 0.29) is 12.2 Å². The minimum Gasteiger partial charge on any atom is -0.462 e. The van der Waals surface area contributed by atoms with Crippen LogP contribution in [0, 0.1) is 17.2 Å². The maximum atomic E-state index is 12.3. The van der Waals surface area contributed by atoms with E-state index in [9.17, 15) is 18.0 Å². The number of hydrogen-bond donors (Lipinski definition) is 0. The maximum Gasteiger partial charge on any atom is 0.406 e. The predicted molar refractivity (Wildman–Crippen MR) is 53.3 cm³/mol. The zero-order valence-electron chi connectivity index (χ0n) is 9.44. The molecule has 0 saturated heterocycles. The van der Waals surface area contributed by atoms with Gasteiger partial charge in [-0.05, 0) is 6.92 Å². The Hall–Kier alpha value is -2.04. The zero-order chi connectivity index (χ0) is 13.8. The highest BCUT2D eigenvalue weighted by Gasteiger charge is 2.40. The number of nitrogens with zero attached hydrogens (tertiary/aromatic N) is 3. The van der Waals surface area contributed by atoms with Gasteiger partial charge in [-0.1, -0.05) is 0 Å². The van der Waals surface area contributed by atoms with E-state index >= 15 is 0 Å². The normalized spacial score (nSPS) is 12.8. The van der Waals surface area contributed by atoms with Gasteiger partial charge in [0.2, 0.25) is 0 Å². The molecule has 18 heavy (non-hydrogen) atoms. The first-order valence-electron chi connectivity index (χ1n) is 5.04. The molecule has 0 aliphatic rings. The van der Waals surface area contributed by atoms with Crippen LogP contribution < -0.4 is 0 Å². The summed E-state index contributed by atoms with van der Waals surface area (Å²) in [7, 11) is 0. The number of carbonyl (C=O) groups is 1. The second-order valence-electron chi connectivity index (χ2n) is 3.39. The van der Waals surface area contributed by atoms with Crippen molar-refractivity contribution >= 4 is 5.97 Å². The van der Waals surface area contributed by atoms with E-state index in [1.807, 2.05) is 0 Å². The van der Waals surface area contributed by atoms with Crippen LogP contribution in [-0.2, 0) is 11.3 Å². The highest BCUT2D eigenvalue weighted by molar-refractivity contribution is 5.88. The SMILES string of the molecule is CCOC(=O)c1cnn(CC(C#N)C(F)(F)F)c1. The Morgan fingerprint density at radius 2 is 2.33 bits per heavy atom. The van der Waals surface area contributed by atoms with Gasteiger partial charge >= 0.3 is 12.1 Å². The minimum absolute atomic E-state index is 0.0516. The smallest absolute Gasteiger partial charge is 0.406 e. The lowest BCUT2D eigenvalue weighted by molar-refractivity contribution is -0.162. The van der Waals surface area contributed by atoms with Crippen molar-refractivity contribution in [2.24, 2.45) is 5.92 Å². The van der Waals surface area contributed by atoms with Crippen molar-refractivity contribution in [3.8, 4) is 6.07 Å². The Bertz CT molecular complexity index is 462. The van der Waals surface area contributed by atoms with Gasteiger partial charge in [0.1, 0.15) is 0 Å². The van der Waals surface area contributed by atoms with Crippen molar-refractivity contribution in [3.63, 3.8) is 0 Å². The second-order valence-corrected chi connectivity index (χ2v) is 3.39. The molecule has 0 spiro atoms. The van der Waals surface area contributed by atoms with Crippen LogP contribution in [0.2, 0.25) is 0 Å². The van der Waals surface area contributed by atoms with E-state index in [1.54, 1.807) is 6.92 Å². The fourth-order valence-corrected chi connectivity index (χ4v) is 1.19. The van der Waals surface area contributed by atoms with Crippen LogP contribution >= 0.6 is 0 Å². The molecule has 8 heteroatoms. The zero-order valence-corrected chi connectivity index (χ0v) is 9.44. The van der Waals surface area contributed by atoms with Crippen LogP contribution in [0.15, 0.2) is 12.4 Å². The van der Waals surface area contributed by atoms with Gasteiger partial charge in [-0.25, -0.2) is 4.79 Å². The molecule has 1 aromatic heterocycles. The molecule has 1 rings (SSSR count). The van der Waals surface area contributed by atoms with E-state index in [4.69, 9.17) is 5.26 Å². The van der Waals surface area contributed by atoms with Crippen molar-refractivity contribution in [1.29, 1.82) is 5.26 Å². The third-order valence-corrected chi connectivity index (χ3v) is 2.06. The van der Waals surface area contributed by atoms with Crippen molar-refractivity contribution in [2.75, 3.05) is 6.61 Å². The first-order chi connectivity index (χ1) is 8.38. The summed E-state index contributed by atoms with van der Waals surface area (Å²) in [4.78, 5) is 11.2. The second kappa shape index (κ2) is 5.53. The van der Waals surface area contributed by atoms with Gasteiger partial charge in [0.05, 0.1) is 31.0 Å². The number of halogens is 3. The Morgan fingerprint density at radius 3 is 2.83 bits per heavy atom. The summed E-state index contributed by atoms with van der Waals surface area (Å²) in [5.41, 5.74) is 0.0516. The van der Waals surface area contributed by atoms with Gasteiger partial charge < -0.3 is 4.74 Å². The molecule has 5 nitrogen and oxygen atoms in total. The summed E-state index contributed by atoms with van der Waals surface area (Å²) >= 11 is 0. The van der Waals surface area contributed by atoms with Crippen LogP contribution in [0.5, 0.6) is 0 Å². The third-order valence-electron chi connectivity index (χ3n) is 2.06. The summed E-state index contributed by atoms with van der Waals surface area (Å²) < 4.78 is 42.6. The number of alkyl halides is 3. The van der Waals surface area contributed by atoms with Crippen LogP contribution in [-0.4, -0.2) is 28.5 Å². The topological polar surface area (TPSA) is 67.9 Å². The number of esters is 1. The molecule has 0 amide bonds. The Morgan fingerprint density at radius 1 is 1.67 bits per heavy atom. The van der Waals surface area contributed by atoms with Crippen molar-refractivity contribution in [1.82, 2.24) is 9.78 Å². The lowest BCUT2D eigenvalue weighted by Gasteiger charge is -2.12. The molecule has 0 N–H and O–H groups in total. The maximum absolute atomic E-state index is 12.3. The number of hydrogen-bond acceptors (Lipinski definition) is 4. The number of rotatable bonds is 4. The van der Waals surface area contributed by atoms with E-state index in [0.29, 0.717) is 0 Å². The average Bonchev–Trinajstić information content (AvgIpc) is 2.73. The largest absolute Gasteiger partial charge is 0.462 e. The van der Waals surface area contributed by atoms with Gasteiger partial charge in [-0.2, -0.15) is 23.5 Å². The summed E-state index contributed by atoms with van der Waals surface area (Å²) in [6.07, 6.45) is -2.40. The highest BCUT2D eigenvalue weighted by atomic mass is 19.4. The lowest BCUT2D eigenvalue weighted by atomic mass is 10.1. The van der Waals surface area contributed by atoms with Crippen molar-refractivity contribution in [2.45, 2.75) is 19.6 Å². The Balaban J connectivity index is 2.75. The predicted octanol–water partition coefficient (Wildman–Crippen LogP) is 1.76. The third kappa shape index (κ3) is 3.48. The van der Waals surface area contributed by atoms with E-state index in [2.05, 4.69) is 9.84 Å². The van der Waals surface area contributed by atoms with Gasteiger partial charge in [-0.3, -0.25) is 4.68 Å². The van der Waals surface area contributed by atoms with Crippen molar-refractivity contribution in [3.05, 3.63) is 18.0 Å². The van der Waals surface area contributed by atoms with Crippen molar-refractivity contribution < 1.29 is 22.7 Å². The molecule has 1 atom stereocenters. The molecule has 0 aromatic carbocycles. The quantitative estimate of drug-likeness (QED) is 0.774. The average molecular weight is 261 g/mol. The van der Waals surface area contributed by atoms with Crippen LogP contribution in [0.1, 0.15) is 17.3 Å². The first kappa shape index (κ1) is 14.0. The monoisotopic (exact) mass is 261 g/mol. The Labute approximate surface area is 101 Å². The summed E-state index contributed by atoms with van der Waals surface area (Å²) in [6.45, 7) is 1.12. The molecular weight excluding hydrogens is 251 g/mol. The molecular formula is C10H10F3N3O2. The van der Waals surface area contributed by atoms with Gasteiger partial charge in [0.25, 0.3) is 0 Å². The molecule has 0 bridgehead atoms. The van der Waals surface area contributed by atoms with Gasteiger partial charge in [0.15, 0.2) is 5.92 Å². The van der Waals surface area contributed by atoms with Crippen LogP contribution in [0.25, 0.3) is 0 Å². The molecule has 0 saturated carbocycles. The number of ether oxygens (including phenoxy) is 1. The first-order valence-corrected chi connectivity index (χ1v) is 5.04. The minimum atomic E-state index is -4.62. The summed E-state index contributed by atoms with van der Waals surface area (Å²) in [6, 6.07) is 1.15. The molecule has 0 aliphatic heterocycles. The van der Waals surface area contributed by atoms with E-state index in [1.165, 1.54) is 0 Å². The molecule has 0 aliphatic carbocycles. The molecule has 1 aromatic rings. The highest BCUT2D eigenvalue weighted by Crippen LogP contribution is 2.26. The molecule has 98 valence electrons. The molecule has 0 radical (unpaired) electrons. The number of carbonyl (C=O) groups excluding carboxylic acids is 1. The van der Waals surface area contributed by atoms with Gasteiger partial charge in [0, 0.05) is 6.20 Å². The fraction of sp³-hybridized carbons (Fsp3) is 0.500. The van der Waals surface area contributed by atoms with Gasteiger partial charge in [-0.15, -0.1) is 0 Å². The van der Waals surface area contributed by atoms with Crippen LogP contribution in [0.3, 0.4) is 0 Å². The molecule has 1 unspecified atom stereocenters. The van der Waals surface area contributed by atoms with Crippen LogP contribution in [0.4, 0.5) is 13.2 Å². The molecule has 1 heterocycles. The standard InChI is InChI=1S/C10H10F3N3O2/c1-2-18-9(17)7-4-15-16(5-7)6-8(3-14)10(11,12)13/h4-5,8H,2,6H2,1H3. The summed E-state index contributed by atoms with van der Waals surface area (Å²) in [5.74, 6) is -2.82. The molecule has 0 fully saturated rings. The fourth-order valence-electron chi connectivity index (χ4n) is 1.19. The van der Waals surface area contributed by atoms with E-state index < -0.39 is 24.6 Å².